The summed E-state index contributed by atoms with van der Waals surface area (Å²) in [4.78, 5) is 3.76. The van der Waals surface area contributed by atoms with Crippen molar-refractivity contribution in [2.75, 3.05) is 7.05 Å². The Labute approximate surface area is 80.3 Å². The Kier molecular flexibility index (Phi) is 3.37. The number of nitrogens with one attached hydrogen (secondary N) is 1. The van der Waals surface area contributed by atoms with E-state index in [1.807, 2.05) is 11.4 Å². The van der Waals surface area contributed by atoms with E-state index in [9.17, 15) is 0 Å². The second kappa shape index (κ2) is 4.33. The average Bonchev–Trinajstić information content (AvgIpc) is 2.47. The normalized spacial score (nSPS) is 11.7. The smallest absolute Gasteiger partial charge is 0.188 e. The number of guanidine groups is 1. The maximum absolute atomic E-state index is 5.86. The zero-order valence-electron chi connectivity index (χ0n) is 6.67. The molecule has 0 aliphatic rings. The Hall–Kier alpha value is -0.740. The molecule has 5 heteroatoms. The van der Waals surface area contributed by atoms with E-state index in [-0.39, 0.29) is 0 Å². The summed E-state index contributed by atoms with van der Waals surface area (Å²) in [6.07, 6.45) is 0. The van der Waals surface area contributed by atoms with Crippen molar-refractivity contribution in [2.45, 2.75) is 6.54 Å². The minimum Gasteiger partial charge on any atom is -0.370 e. The molecular formula is C7H10ClN3S. The van der Waals surface area contributed by atoms with Crippen LogP contribution in [0.25, 0.3) is 0 Å². The van der Waals surface area contributed by atoms with Crippen LogP contribution in [0.5, 0.6) is 0 Å². The Morgan fingerprint density at radius 2 is 2.58 bits per heavy atom. The lowest BCUT2D eigenvalue weighted by Gasteiger charge is -2.02. The Balaban J connectivity index is 2.49. The molecule has 1 heterocycles. The molecule has 0 aliphatic carbocycles. The van der Waals surface area contributed by atoms with Gasteiger partial charge in [0, 0.05) is 19.2 Å². The molecule has 0 amide bonds. The van der Waals surface area contributed by atoms with Crippen LogP contribution in [-0.4, -0.2) is 13.0 Å². The van der Waals surface area contributed by atoms with E-state index in [1.165, 1.54) is 11.3 Å². The molecule has 66 valence electrons. The first-order chi connectivity index (χ1) is 5.74. The van der Waals surface area contributed by atoms with Crippen molar-refractivity contribution in [1.82, 2.24) is 5.32 Å². The summed E-state index contributed by atoms with van der Waals surface area (Å²) < 4.78 is 0.798. The molecule has 0 aromatic carbocycles. The van der Waals surface area contributed by atoms with E-state index < -0.39 is 0 Å². The second-order valence-electron chi connectivity index (χ2n) is 2.18. The standard InChI is InChI=1S/C7H10ClN3S/c1-10-7(9)11-4-5-2-3-12-6(5)8/h2-3H,4H2,1H3,(H3,9,10,11). The quantitative estimate of drug-likeness (QED) is 0.565. The van der Waals surface area contributed by atoms with Gasteiger partial charge >= 0.3 is 0 Å². The van der Waals surface area contributed by atoms with Gasteiger partial charge in [-0.15, -0.1) is 11.3 Å². The third-order valence-corrected chi connectivity index (χ3v) is 2.65. The average molecular weight is 204 g/mol. The Morgan fingerprint density at radius 3 is 3.08 bits per heavy atom. The van der Waals surface area contributed by atoms with Gasteiger partial charge in [-0.2, -0.15) is 0 Å². The molecule has 0 saturated heterocycles. The highest BCUT2D eigenvalue weighted by molar-refractivity contribution is 7.14. The lowest BCUT2D eigenvalue weighted by molar-refractivity contribution is 0.905. The van der Waals surface area contributed by atoms with Gasteiger partial charge in [-0.25, -0.2) is 0 Å². The maximum Gasteiger partial charge on any atom is 0.188 e. The fourth-order valence-corrected chi connectivity index (χ4v) is 1.64. The van der Waals surface area contributed by atoms with Crippen LogP contribution in [0, 0.1) is 0 Å². The van der Waals surface area contributed by atoms with Crippen molar-refractivity contribution in [2.24, 2.45) is 10.7 Å². The Morgan fingerprint density at radius 1 is 1.83 bits per heavy atom. The molecule has 0 saturated carbocycles. The number of nitrogens with two attached hydrogens (primary N) is 1. The SMILES string of the molecule is CN=C(N)NCc1ccsc1Cl. The van der Waals surface area contributed by atoms with E-state index in [1.54, 1.807) is 7.05 Å². The fraction of sp³-hybridized carbons (Fsp3) is 0.286. The molecule has 0 unspecified atom stereocenters. The molecule has 0 radical (unpaired) electrons. The van der Waals surface area contributed by atoms with Crippen LogP contribution in [-0.2, 0) is 6.54 Å². The highest BCUT2D eigenvalue weighted by atomic mass is 35.5. The van der Waals surface area contributed by atoms with Crippen molar-refractivity contribution in [3.8, 4) is 0 Å². The van der Waals surface area contributed by atoms with Crippen LogP contribution in [0.4, 0.5) is 0 Å². The van der Waals surface area contributed by atoms with Crippen LogP contribution in [0.15, 0.2) is 16.4 Å². The van der Waals surface area contributed by atoms with Crippen molar-refractivity contribution in [1.29, 1.82) is 0 Å². The van der Waals surface area contributed by atoms with E-state index in [0.717, 1.165) is 9.90 Å². The third-order valence-electron chi connectivity index (χ3n) is 1.39. The van der Waals surface area contributed by atoms with Gasteiger partial charge in [-0.05, 0) is 11.4 Å². The van der Waals surface area contributed by atoms with Crippen molar-refractivity contribution in [3.63, 3.8) is 0 Å². The summed E-state index contributed by atoms with van der Waals surface area (Å²) in [5.41, 5.74) is 6.49. The number of hydrogen-bond acceptors (Lipinski definition) is 2. The first-order valence-electron chi connectivity index (χ1n) is 3.42. The second-order valence-corrected chi connectivity index (χ2v) is 3.70. The van der Waals surface area contributed by atoms with Crippen LogP contribution in [0.1, 0.15) is 5.56 Å². The largest absolute Gasteiger partial charge is 0.370 e. The first-order valence-corrected chi connectivity index (χ1v) is 4.68. The monoisotopic (exact) mass is 203 g/mol. The number of aliphatic imine (C=N–C) groups is 1. The summed E-state index contributed by atoms with van der Waals surface area (Å²) in [5.74, 6) is 0.428. The predicted octanol–water partition coefficient (Wildman–Crippen LogP) is 1.44. The van der Waals surface area contributed by atoms with Crippen LogP contribution >= 0.6 is 22.9 Å². The molecule has 1 aromatic rings. The van der Waals surface area contributed by atoms with Crippen molar-refractivity contribution < 1.29 is 0 Å². The third kappa shape index (κ3) is 2.39. The van der Waals surface area contributed by atoms with E-state index >= 15 is 0 Å². The van der Waals surface area contributed by atoms with Gasteiger partial charge in [0.05, 0.1) is 4.34 Å². The van der Waals surface area contributed by atoms with Gasteiger partial charge in [0.2, 0.25) is 0 Å². The summed E-state index contributed by atoms with van der Waals surface area (Å²) in [5, 5.41) is 4.87. The maximum atomic E-state index is 5.86. The highest BCUT2D eigenvalue weighted by Crippen LogP contribution is 2.21. The molecule has 1 aromatic heterocycles. The van der Waals surface area contributed by atoms with Crippen molar-refractivity contribution >= 4 is 28.9 Å². The fourth-order valence-electron chi connectivity index (χ4n) is 0.710. The molecule has 1 rings (SSSR count). The summed E-state index contributed by atoms with van der Waals surface area (Å²) in [6, 6.07) is 1.96. The van der Waals surface area contributed by atoms with Gasteiger partial charge in [0.1, 0.15) is 0 Å². The molecule has 3 N–H and O–H groups in total. The molecule has 3 nitrogen and oxygen atoms in total. The van der Waals surface area contributed by atoms with E-state index in [4.69, 9.17) is 17.3 Å². The molecule has 0 bridgehead atoms. The predicted molar refractivity (Wildman–Crippen MR) is 53.7 cm³/mol. The van der Waals surface area contributed by atoms with Gasteiger partial charge in [0.25, 0.3) is 0 Å². The lowest BCUT2D eigenvalue weighted by atomic mass is 10.3. The number of hydrogen-bond donors (Lipinski definition) is 2. The molecule has 0 spiro atoms. The number of thiophene rings is 1. The zero-order valence-corrected chi connectivity index (χ0v) is 8.25. The minimum absolute atomic E-state index is 0.428. The topological polar surface area (TPSA) is 50.4 Å². The van der Waals surface area contributed by atoms with E-state index in [2.05, 4.69) is 10.3 Å². The Bertz CT molecular complexity index is 282. The summed E-state index contributed by atoms with van der Waals surface area (Å²) in [6.45, 7) is 0.630. The number of rotatable bonds is 2. The molecule has 12 heavy (non-hydrogen) atoms. The van der Waals surface area contributed by atoms with Crippen LogP contribution < -0.4 is 11.1 Å². The van der Waals surface area contributed by atoms with Gasteiger partial charge in [-0.3, -0.25) is 4.99 Å². The van der Waals surface area contributed by atoms with Crippen molar-refractivity contribution in [3.05, 3.63) is 21.3 Å². The summed E-state index contributed by atoms with van der Waals surface area (Å²) >= 11 is 7.37. The molecular weight excluding hydrogens is 194 g/mol. The van der Waals surface area contributed by atoms with Crippen LogP contribution in [0.3, 0.4) is 0 Å². The van der Waals surface area contributed by atoms with Crippen LogP contribution in [0.2, 0.25) is 4.34 Å². The number of nitrogens with zero attached hydrogens (tertiary/aromatic N) is 1. The number of halogens is 1. The highest BCUT2D eigenvalue weighted by Gasteiger charge is 2.00. The minimum atomic E-state index is 0.428. The molecule has 0 atom stereocenters. The van der Waals surface area contributed by atoms with E-state index in [0.29, 0.717) is 12.5 Å². The molecule has 0 aliphatic heterocycles. The van der Waals surface area contributed by atoms with Gasteiger partial charge in [0.15, 0.2) is 5.96 Å². The lowest BCUT2D eigenvalue weighted by Crippen LogP contribution is -2.30. The van der Waals surface area contributed by atoms with Gasteiger partial charge < -0.3 is 11.1 Å². The molecule has 0 fully saturated rings. The summed E-state index contributed by atoms with van der Waals surface area (Å²) in [7, 11) is 1.64. The van der Waals surface area contributed by atoms with Gasteiger partial charge in [-0.1, -0.05) is 11.6 Å². The zero-order chi connectivity index (χ0) is 8.97. The first kappa shape index (κ1) is 9.35.